The fourth-order valence-electron chi connectivity index (χ4n) is 2.43. The van der Waals surface area contributed by atoms with Crippen molar-refractivity contribution in [2.45, 2.75) is 0 Å². The van der Waals surface area contributed by atoms with Crippen LogP contribution in [-0.4, -0.2) is 47.3 Å². The molecule has 0 saturated heterocycles. The van der Waals surface area contributed by atoms with Crippen LogP contribution in [0.3, 0.4) is 0 Å². The molecule has 0 aliphatic carbocycles. The van der Waals surface area contributed by atoms with Gasteiger partial charge in [0.05, 0.1) is 22.0 Å². The van der Waals surface area contributed by atoms with Gasteiger partial charge in [-0.1, -0.05) is 47.5 Å². The van der Waals surface area contributed by atoms with Crippen molar-refractivity contribution in [3.05, 3.63) is 58.6 Å². The lowest BCUT2D eigenvalue weighted by Crippen LogP contribution is -2.42. The van der Waals surface area contributed by atoms with E-state index < -0.39 is 15.9 Å². The Labute approximate surface area is 169 Å². The van der Waals surface area contributed by atoms with Gasteiger partial charge in [0.2, 0.25) is 15.9 Å². The molecule has 2 rings (SSSR count). The first-order valence-electron chi connectivity index (χ1n) is 8.14. The molecule has 2 aromatic carbocycles. The number of anilines is 2. The number of likely N-dealkylation sites (N-methyl/N-ethyl adjacent to an activating group) is 1. The third-order valence-corrected chi connectivity index (χ3v) is 5.79. The van der Waals surface area contributed by atoms with Gasteiger partial charge in [-0.3, -0.25) is 9.10 Å². The van der Waals surface area contributed by atoms with Crippen molar-refractivity contribution in [1.82, 2.24) is 5.32 Å². The number of carbonyl (C=O) groups is 1. The molecule has 27 heavy (non-hydrogen) atoms. The molecule has 9 heteroatoms. The summed E-state index contributed by atoms with van der Waals surface area (Å²) in [4.78, 5) is 14.3. The average molecular weight is 430 g/mol. The van der Waals surface area contributed by atoms with Gasteiger partial charge in [-0.15, -0.1) is 0 Å². The normalized spacial score (nSPS) is 11.1. The molecule has 0 heterocycles. The number of nitrogens with zero attached hydrogens (tertiary/aromatic N) is 2. The predicted octanol–water partition coefficient (Wildman–Crippen LogP) is 3.01. The number of carbonyl (C=O) groups excluding carboxylic acids is 1. The van der Waals surface area contributed by atoms with Crippen LogP contribution < -0.4 is 14.5 Å². The van der Waals surface area contributed by atoms with E-state index >= 15 is 0 Å². The Bertz CT molecular complexity index is 892. The van der Waals surface area contributed by atoms with E-state index in [1.165, 1.54) is 6.07 Å². The summed E-state index contributed by atoms with van der Waals surface area (Å²) in [7, 11) is -1.80. The molecule has 0 aliphatic rings. The molecular weight excluding hydrogens is 409 g/mol. The molecule has 0 atom stereocenters. The number of rotatable bonds is 8. The van der Waals surface area contributed by atoms with Gasteiger partial charge in [-0.2, -0.15) is 0 Å². The number of para-hydroxylation sites is 1. The molecule has 1 amide bonds. The minimum atomic E-state index is -3.72. The number of halogens is 2. The Morgan fingerprint density at radius 2 is 1.74 bits per heavy atom. The van der Waals surface area contributed by atoms with Crippen LogP contribution in [0.4, 0.5) is 11.4 Å². The first-order valence-corrected chi connectivity index (χ1v) is 10.7. The smallest absolute Gasteiger partial charge is 0.240 e. The molecule has 2 aromatic rings. The zero-order chi connectivity index (χ0) is 20.0. The highest BCUT2D eigenvalue weighted by Crippen LogP contribution is 2.33. The molecule has 0 saturated carbocycles. The van der Waals surface area contributed by atoms with Crippen LogP contribution in [0.25, 0.3) is 0 Å². The summed E-state index contributed by atoms with van der Waals surface area (Å²) < 4.78 is 25.2. The quantitative estimate of drug-likeness (QED) is 0.699. The highest BCUT2D eigenvalue weighted by Gasteiger charge is 2.23. The van der Waals surface area contributed by atoms with Crippen molar-refractivity contribution in [1.29, 1.82) is 0 Å². The van der Waals surface area contributed by atoms with E-state index in [0.29, 0.717) is 13.1 Å². The van der Waals surface area contributed by atoms with Crippen LogP contribution in [0, 0.1) is 0 Å². The van der Waals surface area contributed by atoms with Crippen LogP contribution in [0.2, 0.25) is 10.0 Å². The SMILES string of the molecule is CN(CCNC(=O)CN(c1cccc(Cl)c1Cl)S(C)(=O)=O)c1ccccc1. The maximum atomic E-state index is 12.3. The van der Waals surface area contributed by atoms with Gasteiger partial charge in [0.25, 0.3) is 0 Å². The van der Waals surface area contributed by atoms with E-state index in [9.17, 15) is 13.2 Å². The summed E-state index contributed by atoms with van der Waals surface area (Å²) in [6.07, 6.45) is 1.01. The molecule has 0 aliphatic heterocycles. The van der Waals surface area contributed by atoms with Gasteiger partial charge in [0, 0.05) is 25.8 Å². The van der Waals surface area contributed by atoms with Gasteiger partial charge in [0.1, 0.15) is 6.54 Å². The van der Waals surface area contributed by atoms with Crippen molar-refractivity contribution >= 4 is 50.5 Å². The Kier molecular flexibility index (Phi) is 7.35. The van der Waals surface area contributed by atoms with Crippen LogP contribution in [0.5, 0.6) is 0 Å². The van der Waals surface area contributed by atoms with E-state index in [1.807, 2.05) is 42.3 Å². The lowest BCUT2D eigenvalue weighted by molar-refractivity contribution is -0.119. The van der Waals surface area contributed by atoms with E-state index in [1.54, 1.807) is 12.1 Å². The van der Waals surface area contributed by atoms with Crippen molar-refractivity contribution in [3.63, 3.8) is 0 Å². The molecule has 1 N–H and O–H groups in total. The van der Waals surface area contributed by atoms with Crippen LogP contribution in [0.15, 0.2) is 48.5 Å². The average Bonchev–Trinajstić information content (AvgIpc) is 2.62. The van der Waals surface area contributed by atoms with Crippen molar-refractivity contribution in [2.75, 3.05) is 42.1 Å². The Morgan fingerprint density at radius 1 is 1.07 bits per heavy atom. The number of benzene rings is 2. The van der Waals surface area contributed by atoms with Crippen LogP contribution >= 0.6 is 23.2 Å². The van der Waals surface area contributed by atoms with Gasteiger partial charge in [-0.25, -0.2) is 8.42 Å². The molecule has 0 fully saturated rings. The molecule has 0 bridgehead atoms. The minimum absolute atomic E-state index is 0.0844. The molecule has 6 nitrogen and oxygen atoms in total. The Hall–Kier alpha value is -1.96. The van der Waals surface area contributed by atoms with Crippen LogP contribution in [0.1, 0.15) is 0 Å². The van der Waals surface area contributed by atoms with E-state index in [2.05, 4.69) is 5.32 Å². The molecule has 0 unspecified atom stereocenters. The van der Waals surface area contributed by atoms with Crippen LogP contribution in [-0.2, 0) is 14.8 Å². The third kappa shape index (κ3) is 6.02. The predicted molar refractivity (Wildman–Crippen MR) is 111 cm³/mol. The summed E-state index contributed by atoms with van der Waals surface area (Å²) in [5, 5.41) is 3.03. The van der Waals surface area contributed by atoms with E-state index in [4.69, 9.17) is 23.2 Å². The van der Waals surface area contributed by atoms with Crippen molar-refractivity contribution in [3.8, 4) is 0 Å². The lowest BCUT2D eigenvalue weighted by Gasteiger charge is -2.24. The Balaban J connectivity index is 2.00. The summed E-state index contributed by atoms with van der Waals surface area (Å²) in [5.41, 5.74) is 1.19. The maximum Gasteiger partial charge on any atom is 0.240 e. The van der Waals surface area contributed by atoms with Gasteiger partial charge >= 0.3 is 0 Å². The van der Waals surface area contributed by atoms with Gasteiger partial charge in [-0.05, 0) is 24.3 Å². The second-order valence-electron chi connectivity index (χ2n) is 5.95. The fourth-order valence-corrected chi connectivity index (χ4v) is 3.74. The second-order valence-corrected chi connectivity index (χ2v) is 8.64. The summed E-state index contributed by atoms with van der Waals surface area (Å²) in [6, 6.07) is 14.4. The summed E-state index contributed by atoms with van der Waals surface area (Å²) in [5.74, 6) is -0.432. The highest BCUT2D eigenvalue weighted by molar-refractivity contribution is 7.92. The number of sulfonamides is 1. The van der Waals surface area contributed by atoms with E-state index in [0.717, 1.165) is 16.2 Å². The molecule has 146 valence electrons. The maximum absolute atomic E-state index is 12.3. The first kappa shape index (κ1) is 21.3. The minimum Gasteiger partial charge on any atom is -0.373 e. The summed E-state index contributed by atoms with van der Waals surface area (Å²) >= 11 is 12.1. The zero-order valence-electron chi connectivity index (χ0n) is 15.0. The lowest BCUT2D eigenvalue weighted by atomic mass is 10.3. The third-order valence-electron chi connectivity index (χ3n) is 3.85. The fraction of sp³-hybridized carbons (Fsp3) is 0.278. The van der Waals surface area contributed by atoms with Crippen molar-refractivity contribution in [2.24, 2.45) is 0 Å². The molecule has 0 spiro atoms. The molecule has 0 radical (unpaired) electrons. The summed E-state index contributed by atoms with van der Waals surface area (Å²) in [6.45, 7) is 0.561. The second kappa shape index (κ2) is 9.30. The zero-order valence-corrected chi connectivity index (χ0v) is 17.4. The Morgan fingerprint density at radius 3 is 2.37 bits per heavy atom. The van der Waals surface area contributed by atoms with Crippen molar-refractivity contribution < 1.29 is 13.2 Å². The molecule has 0 aromatic heterocycles. The monoisotopic (exact) mass is 429 g/mol. The van der Waals surface area contributed by atoms with E-state index in [-0.39, 0.29) is 22.3 Å². The number of hydrogen-bond donors (Lipinski definition) is 1. The van der Waals surface area contributed by atoms with Gasteiger partial charge in [0.15, 0.2) is 0 Å². The first-order chi connectivity index (χ1) is 12.7. The largest absolute Gasteiger partial charge is 0.373 e. The highest BCUT2D eigenvalue weighted by atomic mass is 35.5. The molecular formula is C18H21Cl2N3O3S. The standard InChI is InChI=1S/C18H21Cl2N3O3S/c1-22(14-7-4-3-5-8-14)12-11-21-17(24)13-23(27(2,25)26)16-10-6-9-15(19)18(16)20/h3-10H,11-13H2,1-2H3,(H,21,24). The number of nitrogens with one attached hydrogen (secondary N) is 1. The number of amides is 1. The number of hydrogen-bond acceptors (Lipinski definition) is 4. The topological polar surface area (TPSA) is 69.7 Å². The van der Waals surface area contributed by atoms with Gasteiger partial charge < -0.3 is 10.2 Å².